The zero-order chi connectivity index (χ0) is 19.5. The number of carbonyl (C=O) groups is 1. The molecule has 0 aliphatic carbocycles. The molecule has 1 heterocycles. The molecule has 0 bridgehead atoms. The first kappa shape index (κ1) is 21.2. The van der Waals surface area contributed by atoms with Crippen molar-refractivity contribution in [3.05, 3.63) is 34.3 Å². The standard InChI is InChI=1S/C18H27BrN2O4S/c1-18(2,3)25-17(22)21-11-5-6-16(12-21)20(4)26(23,24)13-14-7-9-15(19)10-8-14/h7-10,16H,5-6,11-13H2,1-4H3/t16-/m0/s1. The molecule has 0 aromatic heterocycles. The summed E-state index contributed by atoms with van der Waals surface area (Å²) in [7, 11) is -1.88. The highest BCUT2D eigenvalue weighted by Gasteiger charge is 2.33. The number of hydrogen-bond donors (Lipinski definition) is 0. The Kier molecular flexibility index (Phi) is 6.74. The number of benzene rings is 1. The number of hydrogen-bond acceptors (Lipinski definition) is 4. The van der Waals surface area contributed by atoms with Crippen molar-refractivity contribution in [2.75, 3.05) is 20.1 Å². The zero-order valence-electron chi connectivity index (χ0n) is 15.7. The molecule has 0 radical (unpaired) electrons. The number of sulfonamides is 1. The molecular formula is C18H27BrN2O4S. The number of likely N-dealkylation sites (N-methyl/N-ethyl adjacent to an activating group) is 1. The van der Waals surface area contributed by atoms with Gasteiger partial charge in [0, 0.05) is 30.7 Å². The average molecular weight is 447 g/mol. The topological polar surface area (TPSA) is 66.9 Å². The van der Waals surface area contributed by atoms with Gasteiger partial charge in [0.05, 0.1) is 5.75 Å². The van der Waals surface area contributed by atoms with Crippen LogP contribution in [0.5, 0.6) is 0 Å². The third-order valence-electron chi connectivity index (χ3n) is 4.26. The van der Waals surface area contributed by atoms with E-state index in [2.05, 4.69) is 15.9 Å². The zero-order valence-corrected chi connectivity index (χ0v) is 18.1. The number of nitrogens with zero attached hydrogens (tertiary/aromatic N) is 2. The fourth-order valence-electron chi connectivity index (χ4n) is 2.86. The van der Waals surface area contributed by atoms with Gasteiger partial charge in [0.15, 0.2) is 0 Å². The van der Waals surface area contributed by atoms with Crippen LogP contribution in [-0.4, -0.2) is 55.5 Å². The molecule has 26 heavy (non-hydrogen) atoms. The van der Waals surface area contributed by atoms with Gasteiger partial charge < -0.3 is 9.64 Å². The highest BCUT2D eigenvalue weighted by Crippen LogP contribution is 2.22. The van der Waals surface area contributed by atoms with Gasteiger partial charge in [0.2, 0.25) is 10.0 Å². The minimum absolute atomic E-state index is 0.0558. The first-order valence-electron chi connectivity index (χ1n) is 8.66. The molecule has 2 rings (SSSR count). The molecule has 1 aliphatic heterocycles. The molecule has 0 unspecified atom stereocenters. The number of ether oxygens (including phenoxy) is 1. The number of amides is 1. The van der Waals surface area contributed by atoms with Crippen molar-refractivity contribution in [1.29, 1.82) is 0 Å². The molecule has 0 spiro atoms. The van der Waals surface area contributed by atoms with Gasteiger partial charge in [-0.15, -0.1) is 0 Å². The van der Waals surface area contributed by atoms with Crippen molar-refractivity contribution in [1.82, 2.24) is 9.21 Å². The first-order valence-corrected chi connectivity index (χ1v) is 11.1. The summed E-state index contributed by atoms with van der Waals surface area (Å²) in [6, 6.07) is 7.01. The van der Waals surface area contributed by atoms with Crippen molar-refractivity contribution in [3.8, 4) is 0 Å². The predicted molar refractivity (Wildman–Crippen MR) is 105 cm³/mol. The fraction of sp³-hybridized carbons (Fsp3) is 0.611. The van der Waals surface area contributed by atoms with Gasteiger partial charge in [-0.3, -0.25) is 0 Å². The van der Waals surface area contributed by atoms with Crippen molar-refractivity contribution in [3.63, 3.8) is 0 Å². The molecule has 1 aliphatic rings. The lowest BCUT2D eigenvalue weighted by molar-refractivity contribution is 0.0163. The van der Waals surface area contributed by atoms with Gasteiger partial charge in [-0.05, 0) is 51.3 Å². The Morgan fingerprint density at radius 3 is 2.50 bits per heavy atom. The number of piperidine rings is 1. The molecule has 1 atom stereocenters. The highest BCUT2D eigenvalue weighted by molar-refractivity contribution is 9.10. The maximum absolute atomic E-state index is 12.8. The van der Waals surface area contributed by atoms with Crippen LogP contribution in [0.2, 0.25) is 0 Å². The Morgan fingerprint density at radius 2 is 1.92 bits per heavy atom. The summed E-state index contributed by atoms with van der Waals surface area (Å²) < 4.78 is 33.3. The first-order chi connectivity index (χ1) is 12.0. The van der Waals surface area contributed by atoms with Crippen molar-refractivity contribution in [2.24, 2.45) is 0 Å². The molecule has 0 saturated carbocycles. The van der Waals surface area contributed by atoms with Gasteiger partial charge in [-0.1, -0.05) is 28.1 Å². The summed E-state index contributed by atoms with van der Waals surface area (Å²) in [5, 5.41) is 0. The molecule has 1 fully saturated rings. The van der Waals surface area contributed by atoms with Crippen LogP contribution in [0.15, 0.2) is 28.7 Å². The third-order valence-corrected chi connectivity index (χ3v) is 6.67. The smallest absolute Gasteiger partial charge is 0.410 e. The lowest BCUT2D eigenvalue weighted by atomic mass is 10.1. The molecule has 146 valence electrons. The van der Waals surface area contributed by atoms with Crippen LogP contribution in [0, 0.1) is 0 Å². The third kappa shape index (κ3) is 5.96. The van der Waals surface area contributed by atoms with Gasteiger partial charge in [-0.2, -0.15) is 4.31 Å². The largest absolute Gasteiger partial charge is 0.444 e. The lowest BCUT2D eigenvalue weighted by Crippen LogP contribution is -2.51. The summed E-state index contributed by atoms with van der Waals surface area (Å²) in [5.74, 6) is -0.0558. The molecule has 6 nitrogen and oxygen atoms in total. The molecule has 1 aromatic rings. The van der Waals surface area contributed by atoms with Gasteiger partial charge in [-0.25, -0.2) is 13.2 Å². The van der Waals surface area contributed by atoms with E-state index >= 15 is 0 Å². The summed E-state index contributed by atoms with van der Waals surface area (Å²) in [5.41, 5.74) is 0.170. The second-order valence-corrected chi connectivity index (χ2v) is 10.6. The van der Waals surface area contributed by atoms with Gasteiger partial charge >= 0.3 is 6.09 Å². The van der Waals surface area contributed by atoms with Crippen molar-refractivity contribution < 1.29 is 17.9 Å². The van der Waals surface area contributed by atoms with E-state index in [0.717, 1.165) is 22.9 Å². The Morgan fingerprint density at radius 1 is 1.31 bits per heavy atom. The molecule has 1 saturated heterocycles. The number of carbonyl (C=O) groups excluding carboxylic acids is 1. The van der Waals surface area contributed by atoms with E-state index in [1.807, 2.05) is 32.9 Å². The van der Waals surface area contributed by atoms with E-state index in [9.17, 15) is 13.2 Å². The van der Waals surface area contributed by atoms with Crippen molar-refractivity contribution >= 4 is 32.0 Å². The van der Waals surface area contributed by atoms with Crippen LogP contribution in [0.3, 0.4) is 0 Å². The van der Waals surface area contributed by atoms with Crippen molar-refractivity contribution in [2.45, 2.75) is 51.0 Å². The van der Waals surface area contributed by atoms with E-state index in [0.29, 0.717) is 13.1 Å². The summed E-state index contributed by atoms with van der Waals surface area (Å²) in [6.07, 6.45) is 1.10. The second-order valence-electron chi connectivity index (χ2n) is 7.62. The quantitative estimate of drug-likeness (QED) is 0.708. The Balaban J connectivity index is 2.04. The van der Waals surface area contributed by atoms with Crippen LogP contribution in [0.4, 0.5) is 4.79 Å². The Labute approximate surface area is 164 Å². The van der Waals surface area contributed by atoms with Crippen LogP contribution in [-0.2, 0) is 20.5 Å². The van der Waals surface area contributed by atoms with Crippen LogP contribution in [0.25, 0.3) is 0 Å². The van der Waals surface area contributed by atoms with E-state index in [1.165, 1.54) is 4.31 Å². The van der Waals surface area contributed by atoms with Crippen LogP contribution >= 0.6 is 15.9 Å². The normalized spacial score (nSPS) is 18.8. The molecule has 8 heteroatoms. The van der Waals surface area contributed by atoms with Crippen LogP contribution < -0.4 is 0 Å². The molecule has 0 N–H and O–H groups in total. The maximum atomic E-state index is 12.8. The molecule has 1 aromatic carbocycles. The van der Waals surface area contributed by atoms with Gasteiger partial charge in [0.1, 0.15) is 5.60 Å². The molecular weight excluding hydrogens is 420 g/mol. The highest BCUT2D eigenvalue weighted by atomic mass is 79.9. The molecule has 1 amide bonds. The van der Waals surface area contributed by atoms with Gasteiger partial charge in [0.25, 0.3) is 0 Å². The Hall–Kier alpha value is -1.12. The monoisotopic (exact) mass is 446 g/mol. The maximum Gasteiger partial charge on any atom is 0.410 e. The van der Waals surface area contributed by atoms with Crippen LogP contribution in [0.1, 0.15) is 39.2 Å². The summed E-state index contributed by atoms with van der Waals surface area (Å²) in [4.78, 5) is 13.9. The van der Waals surface area contributed by atoms with E-state index in [1.54, 1.807) is 24.1 Å². The summed E-state index contributed by atoms with van der Waals surface area (Å²) >= 11 is 3.35. The van der Waals surface area contributed by atoms with E-state index < -0.39 is 15.6 Å². The number of rotatable bonds is 4. The number of halogens is 1. The van der Waals surface area contributed by atoms with E-state index in [-0.39, 0.29) is 17.9 Å². The lowest BCUT2D eigenvalue weighted by Gasteiger charge is -2.37. The average Bonchev–Trinajstić information content (AvgIpc) is 2.54. The van der Waals surface area contributed by atoms with E-state index in [4.69, 9.17) is 4.74 Å². The SMILES string of the molecule is CN([C@H]1CCCN(C(=O)OC(C)(C)C)C1)S(=O)(=O)Cc1ccc(Br)cc1. The minimum atomic E-state index is -3.47. The number of likely N-dealkylation sites (tertiary alicyclic amines) is 1. The Bertz CT molecular complexity index is 729. The second kappa shape index (κ2) is 8.27. The summed E-state index contributed by atoms with van der Waals surface area (Å²) in [6.45, 7) is 6.40. The predicted octanol–water partition coefficient (Wildman–Crippen LogP) is 3.61. The minimum Gasteiger partial charge on any atom is -0.444 e. The fourth-order valence-corrected chi connectivity index (χ4v) is 4.57.